The van der Waals surface area contributed by atoms with Crippen molar-refractivity contribution in [3.63, 3.8) is 0 Å². The molecule has 4 heteroatoms. The van der Waals surface area contributed by atoms with Gasteiger partial charge in [0.05, 0.1) is 0 Å². The van der Waals surface area contributed by atoms with Gasteiger partial charge in [0.25, 0.3) is 0 Å². The van der Waals surface area contributed by atoms with Crippen molar-refractivity contribution >= 4 is 11.6 Å². The van der Waals surface area contributed by atoms with E-state index in [-0.39, 0.29) is 5.75 Å². The number of hydrogen-bond donors (Lipinski definition) is 2. The summed E-state index contributed by atoms with van der Waals surface area (Å²) < 4.78 is 0. The Kier molecular flexibility index (Phi) is 7.97. The highest BCUT2D eigenvalue weighted by Gasteiger charge is 2.06. The largest absolute Gasteiger partial charge is 0.508 e. The lowest BCUT2D eigenvalue weighted by Gasteiger charge is -2.20. The molecule has 0 fully saturated rings. The van der Waals surface area contributed by atoms with Gasteiger partial charge < -0.3 is 15.3 Å². The molecule has 0 saturated heterocycles. The van der Waals surface area contributed by atoms with Crippen LogP contribution in [-0.4, -0.2) is 35.7 Å². The summed E-state index contributed by atoms with van der Waals surface area (Å²) in [6.07, 6.45) is 2.37. The van der Waals surface area contributed by atoms with Crippen LogP contribution in [-0.2, 0) is 6.54 Å². The van der Waals surface area contributed by atoms with Crippen molar-refractivity contribution in [2.75, 3.05) is 19.6 Å². The predicted molar refractivity (Wildman–Crippen MR) is 86.4 cm³/mol. The summed E-state index contributed by atoms with van der Waals surface area (Å²) in [6.45, 7) is 10.8. The average molecular weight is 299 g/mol. The summed E-state index contributed by atoms with van der Waals surface area (Å²) in [6, 6.07) is 5.60. The highest BCUT2D eigenvalue weighted by atomic mass is 35.5. The van der Waals surface area contributed by atoms with Crippen LogP contribution in [0.2, 0.25) is 5.02 Å². The Morgan fingerprint density at radius 3 is 2.60 bits per heavy atom. The van der Waals surface area contributed by atoms with E-state index in [4.69, 9.17) is 11.6 Å². The minimum Gasteiger partial charge on any atom is -0.508 e. The molecule has 1 unspecified atom stereocenters. The fraction of sp³-hybridized carbons (Fsp3) is 0.625. The Morgan fingerprint density at radius 1 is 1.30 bits per heavy atom. The minimum absolute atomic E-state index is 0.214. The van der Waals surface area contributed by atoms with Gasteiger partial charge in [0.15, 0.2) is 0 Å². The van der Waals surface area contributed by atoms with Crippen molar-refractivity contribution in [3.8, 4) is 5.75 Å². The monoisotopic (exact) mass is 298 g/mol. The Bertz CT molecular complexity index is 394. The van der Waals surface area contributed by atoms with Gasteiger partial charge in [-0.25, -0.2) is 0 Å². The lowest BCUT2D eigenvalue weighted by Crippen LogP contribution is -2.28. The average Bonchev–Trinajstić information content (AvgIpc) is 2.42. The van der Waals surface area contributed by atoms with Crippen LogP contribution in [0.15, 0.2) is 18.2 Å². The van der Waals surface area contributed by atoms with Crippen molar-refractivity contribution in [1.29, 1.82) is 0 Å². The van der Waals surface area contributed by atoms with Crippen LogP contribution in [0.4, 0.5) is 0 Å². The number of nitrogens with one attached hydrogen (secondary N) is 1. The molecule has 1 aromatic rings. The van der Waals surface area contributed by atoms with Crippen LogP contribution in [0.25, 0.3) is 0 Å². The van der Waals surface area contributed by atoms with Crippen molar-refractivity contribution in [2.45, 2.75) is 46.2 Å². The molecule has 20 heavy (non-hydrogen) atoms. The molecular formula is C16H27ClN2O. The second kappa shape index (κ2) is 9.22. The number of benzene rings is 1. The van der Waals surface area contributed by atoms with Crippen LogP contribution in [0.5, 0.6) is 5.75 Å². The molecule has 0 aromatic heterocycles. The first-order valence-corrected chi connectivity index (χ1v) is 7.87. The standard InChI is InChI=1S/C16H27ClN2O/c1-4-19(5-2)10-6-7-13(3)18-12-14-8-9-15(20)11-16(14)17/h8-9,11,13,18,20H,4-7,10,12H2,1-3H3. The Hall–Kier alpha value is -0.770. The molecular weight excluding hydrogens is 272 g/mol. The topological polar surface area (TPSA) is 35.5 Å². The lowest BCUT2D eigenvalue weighted by molar-refractivity contribution is 0.290. The smallest absolute Gasteiger partial charge is 0.117 e. The van der Waals surface area contributed by atoms with Gasteiger partial charge in [-0.1, -0.05) is 31.5 Å². The predicted octanol–water partition coefficient (Wildman–Crippen LogP) is 3.65. The molecule has 0 heterocycles. The van der Waals surface area contributed by atoms with Gasteiger partial charge in [-0.05, 0) is 57.1 Å². The lowest BCUT2D eigenvalue weighted by atomic mass is 10.1. The first-order chi connectivity index (χ1) is 9.56. The van der Waals surface area contributed by atoms with Gasteiger partial charge >= 0.3 is 0 Å². The van der Waals surface area contributed by atoms with Crippen molar-refractivity contribution in [1.82, 2.24) is 10.2 Å². The first kappa shape index (κ1) is 17.3. The fourth-order valence-electron chi connectivity index (χ4n) is 2.23. The maximum atomic E-state index is 9.32. The summed E-state index contributed by atoms with van der Waals surface area (Å²) in [5.41, 5.74) is 1.03. The van der Waals surface area contributed by atoms with Crippen molar-refractivity contribution < 1.29 is 5.11 Å². The minimum atomic E-state index is 0.214. The highest BCUT2D eigenvalue weighted by Crippen LogP contribution is 2.21. The molecule has 3 nitrogen and oxygen atoms in total. The third kappa shape index (κ3) is 6.12. The van der Waals surface area contributed by atoms with Gasteiger partial charge in [0, 0.05) is 17.6 Å². The van der Waals surface area contributed by atoms with E-state index in [1.165, 1.54) is 13.0 Å². The van der Waals surface area contributed by atoms with Crippen LogP contribution in [0.3, 0.4) is 0 Å². The van der Waals surface area contributed by atoms with Gasteiger partial charge in [-0.15, -0.1) is 0 Å². The summed E-state index contributed by atoms with van der Waals surface area (Å²) in [4.78, 5) is 2.45. The molecule has 0 saturated carbocycles. The SMILES string of the molecule is CCN(CC)CCCC(C)NCc1ccc(O)cc1Cl. The molecule has 0 radical (unpaired) electrons. The van der Waals surface area contributed by atoms with Crippen LogP contribution < -0.4 is 5.32 Å². The van der Waals surface area contributed by atoms with Crippen molar-refractivity contribution in [2.24, 2.45) is 0 Å². The van der Waals surface area contributed by atoms with E-state index < -0.39 is 0 Å². The van der Waals surface area contributed by atoms with E-state index in [1.54, 1.807) is 12.1 Å². The van der Waals surface area contributed by atoms with Crippen LogP contribution in [0.1, 0.15) is 39.2 Å². The molecule has 0 aliphatic heterocycles. The summed E-state index contributed by atoms with van der Waals surface area (Å²) in [7, 11) is 0. The summed E-state index contributed by atoms with van der Waals surface area (Å²) in [5.74, 6) is 0.214. The number of aromatic hydroxyl groups is 1. The van der Waals surface area contributed by atoms with E-state index in [0.29, 0.717) is 11.1 Å². The zero-order valence-corrected chi connectivity index (χ0v) is 13.6. The molecule has 114 valence electrons. The maximum absolute atomic E-state index is 9.32. The van der Waals surface area contributed by atoms with E-state index in [1.807, 2.05) is 6.07 Å². The van der Waals surface area contributed by atoms with Gasteiger partial charge in [0.1, 0.15) is 5.75 Å². The molecule has 0 bridgehead atoms. The van der Waals surface area contributed by atoms with Crippen molar-refractivity contribution in [3.05, 3.63) is 28.8 Å². The molecule has 1 atom stereocenters. The van der Waals surface area contributed by atoms with E-state index in [2.05, 4.69) is 31.0 Å². The van der Waals surface area contributed by atoms with Gasteiger partial charge in [-0.2, -0.15) is 0 Å². The number of rotatable bonds is 9. The molecule has 2 N–H and O–H groups in total. The number of nitrogens with zero attached hydrogens (tertiary/aromatic N) is 1. The molecule has 0 amide bonds. The molecule has 0 spiro atoms. The molecule has 0 aliphatic rings. The summed E-state index contributed by atoms with van der Waals surface area (Å²) in [5, 5.41) is 13.4. The number of hydrogen-bond acceptors (Lipinski definition) is 3. The van der Waals surface area contributed by atoms with Crippen LogP contribution in [0, 0.1) is 0 Å². The molecule has 0 aliphatic carbocycles. The van der Waals surface area contributed by atoms with Crippen LogP contribution >= 0.6 is 11.6 Å². The third-order valence-corrected chi connectivity index (χ3v) is 4.04. The number of phenols is 1. The number of phenolic OH excluding ortho intramolecular Hbond substituents is 1. The summed E-state index contributed by atoms with van der Waals surface area (Å²) >= 11 is 6.09. The number of halogens is 1. The van der Waals surface area contributed by atoms with E-state index in [0.717, 1.165) is 31.6 Å². The zero-order chi connectivity index (χ0) is 15.0. The molecule has 1 rings (SSSR count). The fourth-order valence-corrected chi connectivity index (χ4v) is 2.47. The Morgan fingerprint density at radius 2 is 2.00 bits per heavy atom. The maximum Gasteiger partial charge on any atom is 0.117 e. The second-order valence-corrected chi connectivity index (χ2v) is 5.63. The highest BCUT2D eigenvalue weighted by molar-refractivity contribution is 6.31. The van der Waals surface area contributed by atoms with E-state index >= 15 is 0 Å². The zero-order valence-electron chi connectivity index (χ0n) is 12.8. The third-order valence-electron chi connectivity index (χ3n) is 3.68. The normalized spacial score (nSPS) is 12.8. The van der Waals surface area contributed by atoms with Gasteiger partial charge in [0.2, 0.25) is 0 Å². The first-order valence-electron chi connectivity index (χ1n) is 7.49. The molecule has 1 aromatic carbocycles. The van der Waals surface area contributed by atoms with Gasteiger partial charge in [-0.3, -0.25) is 0 Å². The van der Waals surface area contributed by atoms with E-state index in [9.17, 15) is 5.11 Å². The Balaban J connectivity index is 2.27. The Labute approximate surface area is 127 Å². The quantitative estimate of drug-likeness (QED) is 0.730. The second-order valence-electron chi connectivity index (χ2n) is 5.23.